The summed E-state index contributed by atoms with van der Waals surface area (Å²) in [6, 6.07) is 7.98. The summed E-state index contributed by atoms with van der Waals surface area (Å²) in [7, 11) is 3.53. The number of ether oxygens (including phenoxy) is 1. The molecular weight excluding hydrogens is 276 g/mol. The zero-order valence-electron chi connectivity index (χ0n) is 14.6. The Balaban J connectivity index is 2.57. The first-order valence-corrected chi connectivity index (χ1v) is 7.85. The average molecular weight is 306 g/mol. The quantitative estimate of drug-likeness (QED) is 0.803. The van der Waals surface area contributed by atoms with Crippen LogP contribution in [0.3, 0.4) is 0 Å². The molecule has 22 heavy (non-hydrogen) atoms. The van der Waals surface area contributed by atoms with Crippen molar-refractivity contribution in [3.8, 4) is 5.75 Å². The van der Waals surface area contributed by atoms with Gasteiger partial charge >= 0.3 is 0 Å². The van der Waals surface area contributed by atoms with E-state index >= 15 is 0 Å². The van der Waals surface area contributed by atoms with E-state index in [2.05, 4.69) is 26.8 Å². The Bertz CT molecular complexity index is 486. The molecular formula is C18H30N2O2. The van der Waals surface area contributed by atoms with Gasteiger partial charge in [-0.15, -0.1) is 0 Å². The number of rotatable bonds is 8. The smallest absolute Gasteiger partial charge is 0.222 e. The first-order chi connectivity index (χ1) is 10.3. The molecule has 0 bridgehead atoms. The van der Waals surface area contributed by atoms with Crippen LogP contribution in [0.15, 0.2) is 24.3 Å². The summed E-state index contributed by atoms with van der Waals surface area (Å²) < 4.78 is 5.37. The van der Waals surface area contributed by atoms with Gasteiger partial charge in [0.15, 0.2) is 0 Å². The van der Waals surface area contributed by atoms with E-state index in [1.54, 1.807) is 12.0 Å². The van der Waals surface area contributed by atoms with E-state index < -0.39 is 0 Å². The highest BCUT2D eigenvalue weighted by Crippen LogP contribution is 2.23. The van der Waals surface area contributed by atoms with Gasteiger partial charge in [0.2, 0.25) is 5.91 Å². The number of hydrogen-bond acceptors (Lipinski definition) is 3. The number of nitrogens with zero attached hydrogens (tertiary/aromatic N) is 1. The van der Waals surface area contributed by atoms with Gasteiger partial charge in [-0.3, -0.25) is 4.79 Å². The fourth-order valence-corrected chi connectivity index (χ4v) is 2.57. The molecule has 1 unspecified atom stereocenters. The first-order valence-electron chi connectivity index (χ1n) is 7.85. The minimum Gasteiger partial charge on any atom is -0.496 e. The number of nitrogens with two attached hydrogens (primary N) is 1. The van der Waals surface area contributed by atoms with Crippen molar-refractivity contribution < 1.29 is 9.53 Å². The Labute approximate surface area is 134 Å². The van der Waals surface area contributed by atoms with E-state index in [4.69, 9.17) is 10.5 Å². The van der Waals surface area contributed by atoms with Crippen molar-refractivity contribution in [3.63, 3.8) is 0 Å². The lowest BCUT2D eigenvalue weighted by molar-refractivity contribution is -0.131. The highest BCUT2D eigenvalue weighted by Gasteiger charge is 2.22. The second-order valence-electron chi connectivity index (χ2n) is 6.94. The maximum Gasteiger partial charge on any atom is 0.222 e. The molecule has 4 nitrogen and oxygen atoms in total. The molecule has 1 aromatic rings. The molecule has 0 aromatic heterocycles. The summed E-state index contributed by atoms with van der Waals surface area (Å²) in [6.07, 6.45) is 1.37. The Hall–Kier alpha value is -1.55. The van der Waals surface area contributed by atoms with Crippen LogP contribution < -0.4 is 10.5 Å². The molecule has 0 aliphatic rings. The van der Waals surface area contributed by atoms with Crippen LogP contribution in [0.2, 0.25) is 0 Å². The summed E-state index contributed by atoms with van der Waals surface area (Å²) in [4.78, 5) is 14.1. The van der Waals surface area contributed by atoms with Crippen LogP contribution >= 0.6 is 0 Å². The minimum atomic E-state index is -0.0453. The second kappa shape index (κ2) is 8.18. The van der Waals surface area contributed by atoms with E-state index in [1.807, 2.05) is 25.2 Å². The molecule has 0 radical (unpaired) electrons. The van der Waals surface area contributed by atoms with Gasteiger partial charge in [0.25, 0.3) is 0 Å². The van der Waals surface area contributed by atoms with Crippen molar-refractivity contribution in [1.82, 2.24) is 4.90 Å². The monoisotopic (exact) mass is 306 g/mol. The molecule has 0 fully saturated rings. The lowest BCUT2D eigenvalue weighted by Crippen LogP contribution is -2.40. The van der Waals surface area contributed by atoms with Crippen LogP contribution in [0, 0.1) is 11.3 Å². The van der Waals surface area contributed by atoms with Crippen molar-refractivity contribution in [1.29, 1.82) is 0 Å². The fraction of sp³-hybridized carbons (Fsp3) is 0.611. The molecule has 1 aromatic carbocycles. The van der Waals surface area contributed by atoms with Gasteiger partial charge in [-0.25, -0.2) is 0 Å². The summed E-state index contributed by atoms with van der Waals surface area (Å²) in [5, 5.41) is 0. The number of methoxy groups -OCH3 is 1. The topological polar surface area (TPSA) is 55.6 Å². The van der Waals surface area contributed by atoms with Crippen LogP contribution in [-0.4, -0.2) is 38.1 Å². The largest absolute Gasteiger partial charge is 0.496 e. The molecule has 1 rings (SSSR count). The Kier molecular flexibility index (Phi) is 6.88. The summed E-state index contributed by atoms with van der Waals surface area (Å²) in [5.74, 6) is 1.33. The third-order valence-corrected chi connectivity index (χ3v) is 3.93. The standard InChI is InChI=1S/C18H30N2O2/c1-14(10-15-8-6-7-9-16(15)22-5)11-17(21)20(4)13-18(2,3)12-19/h6-9,14H,10-13,19H2,1-5H3. The predicted octanol–water partition coefficient (Wildman–Crippen LogP) is 2.71. The predicted molar refractivity (Wildman–Crippen MR) is 91.0 cm³/mol. The van der Waals surface area contributed by atoms with Crippen molar-refractivity contribution in [2.75, 3.05) is 27.2 Å². The molecule has 0 aliphatic carbocycles. The molecule has 4 heteroatoms. The average Bonchev–Trinajstić information content (AvgIpc) is 2.47. The zero-order chi connectivity index (χ0) is 16.8. The molecule has 1 amide bonds. The fourth-order valence-electron chi connectivity index (χ4n) is 2.57. The molecule has 0 saturated carbocycles. The number of carbonyl (C=O) groups excluding carboxylic acids is 1. The van der Waals surface area contributed by atoms with Crippen molar-refractivity contribution in [3.05, 3.63) is 29.8 Å². The minimum absolute atomic E-state index is 0.0453. The number of benzene rings is 1. The first kappa shape index (κ1) is 18.5. The van der Waals surface area contributed by atoms with Crippen molar-refractivity contribution in [2.45, 2.75) is 33.6 Å². The lowest BCUT2D eigenvalue weighted by atomic mass is 9.92. The summed E-state index contributed by atoms with van der Waals surface area (Å²) >= 11 is 0. The van der Waals surface area contributed by atoms with Crippen molar-refractivity contribution in [2.24, 2.45) is 17.1 Å². The molecule has 124 valence electrons. The van der Waals surface area contributed by atoms with Gasteiger partial charge in [0.1, 0.15) is 5.75 Å². The molecule has 0 aliphatic heterocycles. The Morgan fingerprint density at radius 3 is 2.59 bits per heavy atom. The van der Waals surface area contributed by atoms with Crippen LogP contribution in [-0.2, 0) is 11.2 Å². The molecule has 1 atom stereocenters. The third-order valence-electron chi connectivity index (χ3n) is 3.93. The number of amides is 1. The lowest BCUT2D eigenvalue weighted by Gasteiger charge is -2.29. The van der Waals surface area contributed by atoms with Gasteiger partial charge in [-0.1, -0.05) is 39.0 Å². The SMILES string of the molecule is COc1ccccc1CC(C)CC(=O)N(C)CC(C)(C)CN. The number of hydrogen-bond donors (Lipinski definition) is 1. The van der Waals surface area contributed by atoms with Gasteiger partial charge < -0.3 is 15.4 Å². The van der Waals surface area contributed by atoms with E-state index in [0.717, 1.165) is 17.7 Å². The van der Waals surface area contributed by atoms with E-state index in [-0.39, 0.29) is 17.2 Å². The van der Waals surface area contributed by atoms with Gasteiger partial charge in [0, 0.05) is 20.0 Å². The maximum absolute atomic E-state index is 12.3. The van der Waals surface area contributed by atoms with Gasteiger partial charge in [-0.05, 0) is 35.9 Å². The van der Waals surface area contributed by atoms with E-state index in [9.17, 15) is 4.79 Å². The Morgan fingerprint density at radius 2 is 2.00 bits per heavy atom. The third kappa shape index (κ3) is 5.68. The van der Waals surface area contributed by atoms with E-state index in [1.165, 1.54) is 0 Å². The Morgan fingerprint density at radius 1 is 1.36 bits per heavy atom. The maximum atomic E-state index is 12.3. The normalized spacial score (nSPS) is 12.8. The summed E-state index contributed by atoms with van der Waals surface area (Å²) in [5.41, 5.74) is 6.84. The molecule has 0 spiro atoms. The van der Waals surface area contributed by atoms with E-state index in [0.29, 0.717) is 19.5 Å². The number of para-hydroxylation sites is 1. The van der Waals surface area contributed by atoms with Crippen LogP contribution in [0.4, 0.5) is 0 Å². The zero-order valence-corrected chi connectivity index (χ0v) is 14.6. The molecule has 2 N–H and O–H groups in total. The van der Waals surface area contributed by atoms with Crippen LogP contribution in [0.1, 0.15) is 32.8 Å². The molecule has 0 saturated heterocycles. The highest BCUT2D eigenvalue weighted by atomic mass is 16.5. The molecule has 0 heterocycles. The van der Waals surface area contributed by atoms with Gasteiger partial charge in [-0.2, -0.15) is 0 Å². The number of carbonyl (C=O) groups is 1. The second-order valence-corrected chi connectivity index (χ2v) is 6.94. The van der Waals surface area contributed by atoms with Gasteiger partial charge in [0.05, 0.1) is 7.11 Å². The van der Waals surface area contributed by atoms with Crippen LogP contribution in [0.25, 0.3) is 0 Å². The summed E-state index contributed by atoms with van der Waals surface area (Å²) in [6.45, 7) is 7.52. The van der Waals surface area contributed by atoms with Crippen molar-refractivity contribution >= 4 is 5.91 Å². The highest BCUT2D eigenvalue weighted by molar-refractivity contribution is 5.76. The van der Waals surface area contributed by atoms with Crippen LogP contribution in [0.5, 0.6) is 5.75 Å².